The van der Waals surface area contributed by atoms with Crippen LogP contribution in [0.2, 0.25) is 0 Å². The topological polar surface area (TPSA) is 58.2 Å². The van der Waals surface area contributed by atoms with E-state index in [1.54, 1.807) is 0 Å². The van der Waals surface area contributed by atoms with Crippen molar-refractivity contribution in [2.45, 2.75) is 6.04 Å². The minimum absolute atomic E-state index is 0.0789. The molecule has 0 bridgehead atoms. The molecule has 2 aromatic rings. The molecule has 0 unspecified atom stereocenters. The van der Waals surface area contributed by atoms with Gasteiger partial charge in [0.1, 0.15) is 0 Å². The summed E-state index contributed by atoms with van der Waals surface area (Å²) in [5.41, 5.74) is 2.00. The molecule has 0 aliphatic carbocycles. The highest BCUT2D eigenvalue weighted by molar-refractivity contribution is 7.91. The third kappa shape index (κ3) is 4.84. The zero-order chi connectivity index (χ0) is 15.3. The molecule has 6 heteroatoms. The van der Waals surface area contributed by atoms with E-state index in [0.717, 1.165) is 17.4 Å². The van der Waals surface area contributed by atoms with E-state index in [9.17, 15) is 8.42 Å². The van der Waals surface area contributed by atoms with E-state index in [2.05, 4.69) is 10.0 Å². The zero-order valence-electron chi connectivity index (χ0n) is 11.5. The van der Waals surface area contributed by atoms with Gasteiger partial charge in [0.25, 0.3) is 0 Å². The molecule has 0 saturated heterocycles. The number of hydrogen-bond donors (Lipinski definition) is 2. The molecule has 0 aromatic heterocycles. The van der Waals surface area contributed by atoms with Crippen LogP contribution in [0, 0.1) is 0 Å². The SMILES string of the molecule is CS(=O)(=O)NC(=S)NC(c1ccccc1)c1ccccc1. The first kappa shape index (κ1) is 15.5. The summed E-state index contributed by atoms with van der Waals surface area (Å²) in [5.74, 6) is 0. The highest BCUT2D eigenvalue weighted by Crippen LogP contribution is 2.21. The maximum absolute atomic E-state index is 11.3. The summed E-state index contributed by atoms with van der Waals surface area (Å²) in [6.45, 7) is 0. The van der Waals surface area contributed by atoms with Crippen LogP contribution in [0.15, 0.2) is 60.7 Å². The average molecular weight is 320 g/mol. The van der Waals surface area contributed by atoms with E-state index < -0.39 is 10.0 Å². The van der Waals surface area contributed by atoms with Crippen molar-refractivity contribution in [2.75, 3.05) is 6.26 Å². The maximum Gasteiger partial charge on any atom is 0.231 e. The Kier molecular flexibility index (Phi) is 4.93. The molecule has 0 radical (unpaired) electrons. The number of sulfonamides is 1. The number of hydrogen-bond acceptors (Lipinski definition) is 3. The molecular formula is C15H16N2O2S2. The molecule has 0 aliphatic heterocycles. The maximum atomic E-state index is 11.3. The van der Waals surface area contributed by atoms with Crippen LogP contribution in [-0.4, -0.2) is 19.8 Å². The van der Waals surface area contributed by atoms with Gasteiger partial charge >= 0.3 is 0 Å². The summed E-state index contributed by atoms with van der Waals surface area (Å²) in [4.78, 5) is 0. The molecule has 21 heavy (non-hydrogen) atoms. The van der Waals surface area contributed by atoms with E-state index in [4.69, 9.17) is 12.2 Å². The van der Waals surface area contributed by atoms with E-state index in [1.165, 1.54) is 0 Å². The van der Waals surface area contributed by atoms with Crippen molar-refractivity contribution in [2.24, 2.45) is 0 Å². The monoisotopic (exact) mass is 320 g/mol. The first-order chi connectivity index (χ1) is 9.96. The number of benzene rings is 2. The molecule has 2 aromatic carbocycles. The van der Waals surface area contributed by atoms with Gasteiger partial charge in [0.05, 0.1) is 12.3 Å². The van der Waals surface area contributed by atoms with Crippen LogP contribution in [0.4, 0.5) is 0 Å². The van der Waals surface area contributed by atoms with Crippen molar-refractivity contribution in [1.82, 2.24) is 10.0 Å². The third-order valence-electron chi connectivity index (χ3n) is 2.82. The van der Waals surface area contributed by atoms with E-state index in [-0.39, 0.29) is 11.2 Å². The zero-order valence-corrected chi connectivity index (χ0v) is 13.1. The lowest BCUT2D eigenvalue weighted by Gasteiger charge is -2.21. The molecule has 0 aliphatic rings. The Morgan fingerprint density at radius 2 is 1.38 bits per heavy atom. The summed E-state index contributed by atoms with van der Waals surface area (Å²) >= 11 is 5.08. The minimum Gasteiger partial charge on any atom is -0.351 e. The van der Waals surface area contributed by atoms with Crippen molar-refractivity contribution in [1.29, 1.82) is 0 Å². The summed E-state index contributed by atoms with van der Waals surface area (Å²) in [7, 11) is -3.39. The molecule has 0 spiro atoms. The summed E-state index contributed by atoms with van der Waals surface area (Å²) in [5, 5.41) is 3.13. The molecule has 2 rings (SSSR count). The van der Waals surface area contributed by atoms with Crippen LogP contribution in [0.25, 0.3) is 0 Å². The Hall–Kier alpha value is -1.92. The van der Waals surface area contributed by atoms with E-state index in [1.807, 2.05) is 60.7 Å². The molecule has 2 N–H and O–H groups in total. The fraction of sp³-hybridized carbons (Fsp3) is 0.133. The van der Waals surface area contributed by atoms with Crippen molar-refractivity contribution in [3.8, 4) is 0 Å². The van der Waals surface area contributed by atoms with Gasteiger partial charge in [-0.1, -0.05) is 60.7 Å². The number of nitrogens with one attached hydrogen (secondary N) is 2. The van der Waals surface area contributed by atoms with Crippen LogP contribution in [0.1, 0.15) is 17.2 Å². The van der Waals surface area contributed by atoms with Gasteiger partial charge < -0.3 is 5.32 Å². The minimum atomic E-state index is -3.39. The van der Waals surface area contributed by atoms with Gasteiger partial charge in [0.2, 0.25) is 10.0 Å². The molecule has 0 saturated carbocycles. The fourth-order valence-corrected chi connectivity index (χ4v) is 2.95. The van der Waals surface area contributed by atoms with Crippen LogP contribution in [-0.2, 0) is 10.0 Å². The Bertz CT molecular complexity index is 661. The smallest absolute Gasteiger partial charge is 0.231 e. The van der Waals surface area contributed by atoms with Crippen molar-refractivity contribution in [3.63, 3.8) is 0 Å². The second kappa shape index (κ2) is 6.69. The summed E-state index contributed by atoms with van der Waals surface area (Å²) in [6.07, 6.45) is 1.07. The van der Waals surface area contributed by atoms with Crippen LogP contribution in [0.3, 0.4) is 0 Å². The number of thiocarbonyl (C=S) groups is 1. The van der Waals surface area contributed by atoms with Crippen LogP contribution >= 0.6 is 12.2 Å². The van der Waals surface area contributed by atoms with Gasteiger partial charge in [-0.2, -0.15) is 0 Å². The molecule has 4 nitrogen and oxygen atoms in total. The molecular weight excluding hydrogens is 304 g/mol. The molecule has 0 heterocycles. The molecule has 0 fully saturated rings. The predicted octanol–water partition coefficient (Wildman–Crippen LogP) is 2.20. The number of rotatable bonds is 4. The molecule has 110 valence electrons. The Labute approximate surface area is 130 Å². The standard InChI is InChI=1S/C15H16N2O2S2/c1-21(18,19)17-15(20)16-14(12-8-4-2-5-9-12)13-10-6-3-7-11-13/h2-11,14H,1H3,(H2,16,17,20). The van der Waals surface area contributed by atoms with Gasteiger partial charge in [0, 0.05) is 0 Å². The van der Waals surface area contributed by atoms with Crippen molar-refractivity contribution < 1.29 is 8.42 Å². The first-order valence-electron chi connectivity index (χ1n) is 6.34. The second-order valence-corrected chi connectivity index (χ2v) is 6.76. The quantitative estimate of drug-likeness (QED) is 0.848. The summed E-state index contributed by atoms with van der Waals surface area (Å²) in [6, 6.07) is 19.2. The summed E-state index contributed by atoms with van der Waals surface area (Å²) < 4.78 is 24.8. The predicted molar refractivity (Wildman–Crippen MR) is 88.4 cm³/mol. The van der Waals surface area contributed by atoms with Gasteiger partial charge in [-0.25, -0.2) is 8.42 Å². The lowest BCUT2D eigenvalue weighted by atomic mass is 9.99. The molecule has 0 amide bonds. The van der Waals surface area contributed by atoms with Gasteiger partial charge in [-0.3, -0.25) is 4.72 Å². The average Bonchev–Trinajstić information content (AvgIpc) is 2.45. The molecule has 0 atom stereocenters. The van der Waals surface area contributed by atoms with Crippen LogP contribution < -0.4 is 10.0 Å². The van der Waals surface area contributed by atoms with E-state index in [0.29, 0.717) is 0 Å². The Balaban J connectivity index is 2.28. The van der Waals surface area contributed by atoms with Gasteiger partial charge in [0.15, 0.2) is 5.11 Å². The lowest BCUT2D eigenvalue weighted by Crippen LogP contribution is -2.40. The highest BCUT2D eigenvalue weighted by Gasteiger charge is 2.16. The highest BCUT2D eigenvalue weighted by atomic mass is 32.2. The Morgan fingerprint density at radius 1 is 0.952 bits per heavy atom. The normalized spacial score (nSPS) is 11.1. The van der Waals surface area contributed by atoms with Crippen molar-refractivity contribution >= 4 is 27.4 Å². The van der Waals surface area contributed by atoms with Crippen molar-refractivity contribution in [3.05, 3.63) is 71.8 Å². The van der Waals surface area contributed by atoms with Gasteiger partial charge in [-0.15, -0.1) is 0 Å². The van der Waals surface area contributed by atoms with Crippen LogP contribution in [0.5, 0.6) is 0 Å². The lowest BCUT2D eigenvalue weighted by molar-refractivity contribution is 0.597. The largest absolute Gasteiger partial charge is 0.351 e. The first-order valence-corrected chi connectivity index (χ1v) is 8.64. The van der Waals surface area contributed by atoms with Gasteiger partial charge in [-0.05, 0) is 23.3 Å². The fourth-order valence-electron chi connectivity index (χ4n) is 1.98. The Morgan fingerprint density at radius 3 is 1.76 bits per heavy atom. The second-order valence-electron chi connectivity index (χ2n) is 4.60. The third-order valence-corrected chi connectivity index (χ3v) is 3.74. The van der Waals surface area contributed by atoms with E-state index >= 15 is 0 Å².